The Kier molecular flexibility index (Phi) is 9.05. The summed E-state index contributed by atoms with van der Waals surface area (Å²) < 4.78 is 11.1. The highest BCUT2D eigenvalue weighted by atomic mass is 16.2. The van der Waals surface area contributed by atoms with Crippen LogP contribution in [0.4, 0.5) is 0 Å². The largest absolute Gasteiger partial charge is 0.307 e. The van der Waals surface area contributed by atoms with E-state index >= 15 is 19.2 Å². The Morgan fingerprint density at radius 2 is 0.537 bits per heavy atom. The average molecular weight is 1030 g/mol. The van der Waals surface area contributed by atoms with Gasteiger partial charge >= 0.3 is 0 Å². The molecular weight excluding hydrogens is 989 g/mol. The number of rotatable bonds is 6. The van der Waals surface area contributed by atoms with Crippen molar-refractivity contribution in [3.05, 3.63) is 277 Å². The van der Waals surface area contributed by atoms with E-state index in [4.69, 9.17) is 0 Å². The molecule has 6 aromatic heterocycles. The van der Waals surface area contributed by atoms with E-state index < -0.39 is 22.2 Å². The second kappa shape index (κ2) is 16.3. The topological polar surface area (TPSA) is 97.9 Å². The lowest BCUT2D eigenvalue weighted by atomic mass is 10.0. The standard InChI is InChI=1S/C70H42N6O4/c77-67-49-39-51-52(70(80)76(69(51)79)66-63(73-57-31-13-5-23-45(57)46-24-6-14-32-58(46)73)37-18-38-64(66)74-59-33-15-7-25-47(59)48-26-8-16-34-60(48)74)40-50(49)68(78)75(67)65-61(71-53-27-9-1-19-41(53)42-20-2-10-28-54(42)71)35-17-36-62(65)72-55-29-11-3-21-43(55)44-22-4-12-30-56(44)72/h1-7,9-25,27-40H,8,26H2. The summed E-state index contributed by atoms with van der Waals surface area (Å²) in [5, 5.41) is 7.35. The molecule has 0 N–H and O–H groups in total. The molecule has 0 saturated heterocycles. The Morgan fingerprint density at radius 3 is 0.863 bits per heavy atom. The van der Waals surface area contributed by atoms with Crippen LogP contribution in [0.5, 0.6) is 0 Å². The van der Waals surface area contributed by atoms with E-state index in [1.54, 1.807) is 0 Å². The highest BCUT2D eigenvalue weighted by Gasteiger charge is 2.30. The van der Waals surface area contributed by atoms with Crippen molar-refractivity contribution in [2.24, 2.45) is 0 Å². The van der Waals surface area contributed by atoms with Crippen LogP contribution in [0.2, 0.25) is 0 Å². The van der Waals surface area contributed by atoms with E-state index in [0.717, 1.165) is 94.9 Å². The molecular formula is C70H42N6O4. The van der Waals surface area contributed by atoms with Crippen LogP contribution in [-0.2, 0) is 6.42 Å². The van der Waals surface area contributed by atoms with Crippen molar-refractivity contribution in [2.75, 3.05) is 0 Å². The van der Waals surface area contributed by atoms with Gasteiger partial charge in [-0.3, -0.25) is 19.2 Å². The van der Waals surface area contributed by atoms with Crippen molar-refractivity contribution in [2.45, 2.75) is 12.8 Å². The minimum absolute atomic E-state index is 0.0356. The minimum atomic E-state index is -0.606. The van der Waals surface area contributed by atoms with Crippen molar-refractivity contribution in [3.63, 3.8) is 0 Å². The van der Waals surface area contributed by atoms with Crippen LogP contribution >= 0.6 is 0 Å². The summed E-state index contributed by atoms with van der Waals surface area (Å²) in [6.45, 7) is 0. The first-order valence-electron chi connectivity index (χ1n) is 26.9. The van der Waals surface area contributed by atoms with Gasteiger partial charge in [0.15, 0.2) is 0 Å². The van der Waals surface area contributed by atoms with Gasteiger partial charge in [0.1, 0.15) is 11.4 Å². The normalized spacial score (nSPS) is 12.8. The number of allylic oxidation sites excluding steroid dienone is 1. The van der Waals surface area contributed by atoms with Gasteiger partial charge in [-0.1, -0.05) is 146 Å². The van der Waals surface area contributed by atoms with E-state index in [2.05, 4.69) is 115 Å². The first kappa shape index (κ1) is 44.3. The first-order chi connectivity index (χ1) is 39.4. The zero-order valence-corrected chi connectivity index (χ0v) is 42.7. The zero-order chi connectivity index (χ0) is 53.1. The number of para-hydroxylation sites is 9. The lowest BCUT2D eigenvalue weighted by molar-refractivity contribution is 0.926. The number of fused-ring (bicyclic) bond motifs is 14. The van der Waals surface area contributed by atoms with Crippen molar-refractivity contribution >= 4 is 104 Å². The molecule has 10 nitrogen and oxygen atoms in total. The second-order valence-corrected chi connectivity index (χ2v) is 20.9. The van der Waals surface area contributed by atoms with Gasteiger partial charge in [0, 0.05) is 43.4 Å². The molecule has 0 spiro atoms. The summed E-state index contributed by atoms with van der Waals surface area (Å²) in [6.07, 6.45) is 6.03. The second-order valence-electron chi connectivity index (χ2n) is 20.9. The van der Waals surface area contributed by atoms with Gasteiger partial charge in [0.2, 0.25) is 0 Å². The maximum Gasteiger partial charge on any atom is 0.266 e. The van der Waals surface area contributed by atoms with Gasteiger partial charge in [-0.05, 0) is 103 Å². The summed E-state index contributed by atoms with van der Waals surface area (Å²) in [5.74, 6) is 0. The molecule has 10 heteroatoms. The van der Waals surface area contributed by atoms with E-state index in [0.29, 0.717) is 34.1 Å². The van der Waals surface area contributed by atoms with Crippen LogP contribution in [0.1, 0.15) is 17.7 Å². The molecule has 0 aliphatic heterocycles. The van der Waals surface area contributed by atoms with E-state index in [-0.39, 0.29) is 21.5 Å². The number of benzene rings is 10. The van der Waals surface area contributed by atoms with Crippen LogP contribution in [-0.4, -0.2) is 27.4 Å². The SMILES string of the molecule is O=c1c2cc3c(=O)n(-c4c(-n5c6ccccc6c6ccccc65)cccc4-n4c5ccccc5c5ccccc54)c(=O)c3cc2c(=O)n1-c1c(-n2c3c(c4ccccc42)CCC=C3)cccc1-n1c2ccccc2c2ccccc21. The predicted octanol–water partition coefficient (Wildman–Crippen LogP) is 14.1. The van der Waals surface area contributed by atoms with Crippen molar-refractivity contribution in [3.8, 4) is 34.1 Å². The van der Waals surface area contributed by atoms with Gasteiger partial charge in [0.25, 0.3) is 22.2 Å². The fraction of sp³-hybridized carbons (Fsp3) is 0.0286. The van der Waals surface area contributed by atoms with Crippen LogP contribution in [0, 0.1) is 0 Å². The summed E-state index contributed by atoms with van der Waals surface area (Å²) >= 11 is 0. The van der Waals surface area contributed by atoms with E-state index in [1.165, 1.54) is 26.8 Å². The number of aryl methyl sites for hydroxylation is 1. The number of hydrogen-bond acceptors (Lipinski definition) is 4. The molecule has 0 fully saturated rings. The third kappa shape index (κ3) is 5.80. The Balaban J connectivity index is 0.970. The van der Waals surface area contributed by atoms with Gasteiger partial charge in [-0.2, -0.15) is 0 Å². The molecule has 0 bridgehead atoms. The van der Waals surface area contributed by atoms with Crippen LogP contribution in [0.3, 0.4) is 0 Å². The maximum atomic E-state index is 15.8. The van der Waals surface area contributed by atoms with E-state index in [1.807, 2.05) is 121 Å². The molecule has 6 heterocycles. The lowest BCUT2D eigenvalue weighted by Gasteiger charge is -2.20. The molecule has 0 radical (unpaired) electrons. The molecule has 16 aromatic rings. The summed E-state index contributed by atoms with van der Waals surface area (Å²) in [6, 6.07) is 71.9. The van der Waals surface area contributed by atoms with Gasteiger partial charge < -0.3 is 18.3 Å². The van der Waals surface area contributed by atoms with Crippen LogP contribution in [0.15, 0.2) is 244 Å². The van der Waals surface area contributed by atoms with Gasteiger partial charge in [-0.25, -0.2) is 9.13 Å². The molecule has 1 aliphatic carbocycles. The highest BCUT2D eigenvalue weighted by molar-refractivity contribution is 6.12. The molecule has 0 saturated carbocycles. The average Bonchev–Trinajstić information content (AvgIpc) is 4.49. The monoisotopic (exact) mass is 1030 g/mol. The van der Waals surface area contributed by atoms with Gasteiger partial charge in [-0.15, -0.1) is 0 Å². The molecule has 10 aromatic carbocycles. The number of hydrogen-bond donors (Lipinski definition) is 0. The minimum Gasteiger partial charge on any atom is -0.307 e. The Morgan fingerprint density at radius 1 is 0.263 bits per heavy atom. The Labute approximate surface area is 453 Å². The summed E-state index contributed by atoms with van der Waals surface area (Å²) in [7, 11) is 0. The lowest BCUT2D eigenvalue weighted by Crippen LogP contribution is -2.27. The smallest absolute Gasteiger partial charge is 0.266 e. The molecule has 80 heavy (non-hydrogen) atoms. The fourth-order valence-corrected chi connectivity index (χ4v) is 13.6. The van der Waals surface area contributed by atoms with Crippen molar-refractivity contribution in [1.29, 1.82) is 0 Å². The maximum absolute atomic E-state index is 15.8. The van der Waals surface area contributed by atoms with E-state index in [9.17, 15) is 0 Å². The quantitative estimate of drug-likeness (QED) is 0.166. The Hall–Kier alpha value is -10.8. The molecule has 1 aliphatic rings. The first-order valence-corrected chi connectivity index (χ1v) is 26.9. The van der Waals surface area contributed by atoms with Crippen molar-refractivity contribution in [1.82, 2.24) is 27.4 Å². The third-order valence-corrected chi connectivity index (χ3v) is 16.9. The highest BCUT2D eigenvalue weighted by Crippen LogP contribution is 2.42. The van der Waals surface area contributed by atoms with Crippen molar-refractivity contribution < 1.29 is 0 Å². The Bertz CT molecular complexity index is 5300. The molecule has 0 atom stereocenters. The zero-order valence-electron chi connectivity index (χ0n) is 42.7. The van der Waals surface area contributed by atoms with Crippen LogP contribution < -0.4 is 22.2 Å². The molecule has 376 valence electrons. The summed E-state index contributed by atoms with van der Waals surface area (Å²) in [4.78, 5) is 63.4. The third-order valence-electron chi connectivity index (χ3n) is 16.9. The fourth-order valence-electron chi connectivity index (χ4n) is 13.6. The molecule has 0 amide bonds. The summed E-state index contributed by atoms with van der Waals surface area (Å²) in [5.41, 5.74) is 9.28. The molecule has 0 unspecified atom stereocenters. The number of aromatic nitrogens is 6. The molecule has 17 rings (SSSR count). The predicted molar refractivity (Wildman–Crippen MR) is 325 cm³/mol. The van der Waals surface area contributed by atoms with Gasteiger partial charge in [0.05, 0.1) is 82.9 Å². The van der Waals surface area contributed by atoms with Crippen LogP contribution in [0.25, 0.3) is 138 Å². The number of nitrogens with zero attached hydrogens (tertiary/aromatic N) is 6.